The monoisotopic (exact) mass is 369 g/mol. The zero-order chi connectivity index (χ0) is 17.1. The minimum absolute atomic E-state index is 0.176. The molecule has 0 aliphatic carbocycles. The summed E-state index contributed by atoms with van der Waals surface area (Å²) < 4.78 is 5.88. The molecule has 1 aliphatic heterocycles. The van der Waals surface area contributed by atoms with E-state index >= 15 is 0 Å². The predicted molar refractivity (Wildman–Crippen MR) is 100 cm³/mol. The number of para-hydroxylation sites is 1. The molecule has 7 heteroatoms. The molecule has 126 valence electrons. The number of carbonyl (C=O) groups is 1. The van der Waals surface area contributed by atoms with Crippen LogP contribution in [0, 0.1) is 0 Å². The summed E-state index contributed by atoms with van der Waals surface area (Å²) in [6, 6.07) is 17.1. The van der Waals surface area contributed by atoms with Gasteiger partial charge in [-0.15, -0.1) is 28.6 Å². The molecule has 0 bridgehead atoms. The topological polar surface area (TPSA) is 57.0 Å². The van der Waals surface area contributed by atoms with Crippen molar-refractivity contribution in [1.82, 2.24) is 15.0 Å². The highest BCUT2D eigenvalue weighted by Crippen LogP contribution is 2.45. The van der Waals surface area contributed by atoms with Gasteiger partial charge in [-0.1, -0.05) is 30.3 Å². The number of nitrogens with zero attached hydrogens (tertiary/aromatic N) is 3. The maximum atomic E-state index is 12.3. The summed E-state index contributed by atoms with van der Waals surface area (Å²) in [7, 11) is 0. The normalized spacial score (nSPS) is 14.6. The Morgan fingerprint density at radius 3 is 2.48 bits per heavy atom. The molecule has 4 rings (SSSR count). The van der Waals surface area contributed by atoms with Gasteiger partial charge in [-0.05, 0) is 29.8 Å². The molecule has 3 aromatic rings. The van der Waals surface area contributed by atoms with Crippen LogP contribution in [0.25, 0.3) is 5.69 Å². The van der Waals surface area contributed by atoms with Gasteiger partial charge in [0, 0.05) is 11.5 Å². The second kappa shape index (κ2) is 7.33. The Labute approximate surface area is 153 Å². The predicted octanol–water partition coefficient (Wildman–Crippen LogP) is 3.97. The first-order valence-electron chi connectivity index (χ1n) is 7.83. The first kappa shape index (κ1) is 16.2. The van der Waals surface area contributed by atoms with Gasteiger partial charge in [-0.3, -0.25) is 0 Å². The van der Waals surface area contributed by atoms with Crippen molar-refractivity contribution in [1.29, 1.82) is 0 Å². The number of hydrogen-bond acceptors (Lipinski definition) is 6. The van der Waals surface area contributed by atoms with Crippen LogP contribution in [-0.4, -0.2) is 32.5 Å². The number of esters is 1. The number of hydrogen-bond donors (Lipinski definition) is 0. The summed E-state index contributed by atoms with van der Waals surface area (Å²) in [5, 5.41) is 8.30. The molecule has 1 fully saturated rings. The first-order valence-corrected chi connectivity index (χ1v) is 9.92. The van der Waals surface area contributed by atoms with E-state index in [1.807, 2.05) is 78.1 Å². The van der Waals surface area contributed by atoms with E-state index in [9.17, 15) is 4.79 Å². The third-order valence-corrected chi connectivity index (χ3v) is 6.78. The fraction of sp³-hybridized carbons (Fsp3) is 0.167. The summed E-state index contributed by atoms with van der Waals surface area (Å²) >= 11 is 3.89. The van der Waals surface area contributed by atoms with E-state index in [0.29, 0.717) is 10.3 Å². The Kier molecular flexibility index (Phi) is 4.76. The number of thioether (sulfide) groups is 2. The molecule has 0 spiro atoms. The van der Waals surface area contributed by atoms with Crippen LogP contribution < -0.4 is 4.74 Å². The largest absolute Gasteiger partial charge is 0.422 e. The lowest BCUT2D eigenvalue weighted by molar-refractivity contribution is 0.0728. The minimum Gasteiger partial charge on any atom is -0.422 e. The van der Waals surface area contributed by atoms with Gasteiger partial charge in [0.2, 0.25) is 0 Å². The minimum atomic E-state index is -0.514. The number of rotatable bonds is 4. The first-order chi connectivity index (χ1) is 12.3. The third kappa shape index (κ3) is 3.72. The number of carbonyl (C=O) groups excluding carboxylic acids is 1. The highest BCUT2D eigenvalue weighted by Gasteiger charge is 2.19. The molecule has 1 saturated heterocycles. The summed E-state index contributed by atoms with van der Waals surface area (Å²) in [6.07, 6.45) is 1.41. The standard InChI is InChI=1S/C18H15N3O2S2/c22-17(16-12-19-21(20-16)14-4-2-1-3-5-14)23-15-8-6-13(7-9-15)18-24-10-11-25-18/h1-9,12,18H,10-11H2. The van der Waals surface area contributed by atoms with E-state index in [2.05, 4.69) is 10.2 Å². The lowest BCUT2D eigenvalue weighted by Crippen LogP contribution is -2.10. The van der Waals surface area contributed by atoms with E-state index in [1.54, 1.807) is 0 Å². The van der Waals surface area contributed by atoms with Gasteiger partial charge >= 0.3 is 5.97 Å². The van der Waals surface area contributed by atoms with E-state index in [-0.39, 0.29) is 5.69 Å². The van der Waals surface area contributed by atoms with Crippen molar-refractivity contribution in [2.45, 2.75) is 4.58 Å². The van der Waals surface area contributed by atoms with Crippen LogP contribution in [-0.2, 0) is 0 Å². The number of ether oxygens (including phenoxy) is 1. The van der Waals surface area contributed by atoms with Gasteiger partial charge in [-0.2, -0.15) is 9.90 Å². The van der Waals surface area contributed by atoms with Crippen LogP contribution in [0.2, 0.25) is 0 Å². The lowest BCUT2D eigenvalue weighted by Gasteiger charge is -2.09. The summed E-state index contributed by atoms with van der Waals surface area (Å²) in [5.74, 6) is 2.36. The number of benzene rings is 2. The molecule has 1 aliphatic rings. The van der Waals surface area contributed by atoms with Gasteiger partial charge in [0.25, 0.3) is 0 Å². The van der Waals surface area contributed by atoms with E-state index in [4.69, 9.17) is 4.74 Å². The van der Waals surface area contributed by atoms with Crippen LogP contribution in [0.5, 0.6) is 5.75 Å². The quantitative estimate of drug-likeness (QED) is 0.512. The molecule has 2 aromatic carbocycles. The summed E-state index contributed by atoms with van der Waals surface area (Å²) in [5.41, 5.74) is 2.22. The van der Waals surface area contributed by atoms with E-state index < -0.39 is 5.97 Å². The molecule has 5 nitrogen and oxygen atoms in total. The molecule has 0 saturated carbocycles. The molecule has 0 N–H and O–H groups in total. The summed E-state index contributed by atoms with van der Waals surface area (Å²) in [6.45, 7) is 0. The molecule has 0 atom stereocenters. The van der Waals surface area contributed by atoms with Gasteiger partial charge in [0.05, 0.1) is 16.5 Å². The fourth-order valence-corrected chi connectivity index (χ4v) is 5.30. The second-order valence-corrected chi connectivity index (χ2v) is 8.11. The lowest BCUT2D eigenvalue weighted by atomic mass is 10.2. The highest BCUT2D eigenvalue weighted by atomic mass is 32.2. The van der Waals surface area contributed by atoms with Crippen molar-refractivity contribution in [3.05, 3.63) is 72.1 Å². The SMILES string of the molecule is O=C(Oc1ccc(C2SCCS2)cc1)c1cnn(-c2ccccc2)n1. The van der Waals surface area contributed by atoms with Crippen molar-refractivity contribution in [2.24, 2.45) is 0 Å². The second-order valence-electron chi connectivity index (χ2n) is 5.39. The van der Waals surface area contributed by atoms with Crippen LogP contribution in [0.4, 0.5) is 0 Å². The van der Waals surface area contributed by atoms with Crippen LogP contribution in [0.1, 0.15) is 20.6 Å². The molecule has 25 heavy (non-hydrogen) atoms. The molecule has 2 heterocycles. The van der Waals surface area contributed by atoms with Crippen molar-refractivity contribution >= 4 is 29.5 Å². The van der Waals surface area contributed by atoms with Crippen LogP contribution in [0.15, 0.2) is 60.8 Å². The Balaban J connectivity index is 1.44. The van der Waals surface area contributed by atoms with Gasteiger partial charge in [-0.25, -0.2) is 4.79 Å². The van der Waals surface area contributed by atoms with Crippen molar-refractivity contribution < 1.29 is 9.53 Å². The maximum absolute atomic E-state index is 12.3. The zero-order valence-electron chi connectivity index (χ0n) is 13.2. The third-order valence-electron chi connectivity index (χ3n) is 3.67. The fourth-order valence-electron chi connectivity index (χ4n) is 2.45. The Hall–Kier alpha value is -2.25. The molecular weight excluding hydrogens is 354 g/mol. The van der Waals surface area contributed by atoms with Crippen LogP contribution >= 0.6 is 23.5 Å². The Morgan fingerprint density at radius 2 is 1.76 bits per heavy atom. The van der Waals surface area contributed by atoms with E-state index in [0.717, 1.165) is 5.69 Å². The molecule has 0 unspecified atom stereocenters. The summed E-state index contributed by atoms with van der Waals surface area (Å²) in [4.78, 5) is 13.7. The van der Waals surface area contributed by atoms with E-state index in [1.165, 1.54) is 28.1 Å². The maximum Gasteiger partial charge on any atom is 0.365 e. The smallest absolute Gasteiger partial charge is 0.365 e. The van der Waals surface area contributed by atoms with Gasteiger partial charge in [0.1, 0.15) is 5.75 Å². The average molecular weight is 369 g/mol. The van der Waals surface area contributed by atoms with Crippen LogP contribution in [0.3, 0.4) is 0 Å². The van der Waals surface area contributed by atoms with Crippen molar-refractivity contribution in [2.75, 3.05) is 11.5 Å². The van der Waals surface area contributed by atoms with Gasteiger partial charge < -0.3 is 4.74 Å². The van der Waals surface area contributed by atoms with Crippen molar-refractivity contribution in [3.8, 4) is 11.4 Å². The Bertz CT molecular complexity index is 860. The molecule has 0 radical (unpaired) electrons. The molecule has 1 aromatic heterocycles. The Morgan fingerprint density at radius 1 is 1.04 bits per heavy atom. The average Bonchev–Trinajstić information content (AvgIpc) is 3.35. The van der Waals surface area contributed by atoms with Gasteiger partial charge in [0.15, 0.2) is 5.69 Å². The molecule has 0 amide bonds. The van der Waals surface area contributed by atoms with Crippen molar-refractivity contribution in [3.63, 3.8) is 0 Å². The zero-order valence-corrected chi connectivity index (χ0v) is 14.9. The molecular formula is C18H15N3O2S2. The number of aromatic nitrogens is 3. The highest BCUT2D eigenvalue weighted by molar-refractivity contribution is 8.19.